The first-order valence-electron chi connectivity index (χ1n) is 7.21. The third kappa shape index (κ3) is 2.31. The highest BCUT2D eigenvalue weighted by Gasteiger charge is 2.45. The minimum absolute atomic E-state index is 0.0449. The van der Waals surface area contributed by atoms with Gasteiger partial charge < -0.3 is 4.90 Å². The number of carbonyl (C=O) groups excluding carboxylic acids is 1. The summed E-state index contributed by atoms with van der Waals surface area (Å²) in [5.41, 5.74) is 0. The lowest BCUT2D eigenvalue weighted by Gasteiger charge is -2.40. The Morgan fingerprint density at radius 2 is 2.05 bits per heavy atom. The number of thiophene rings is 1. The molecule has 1 amide bonds. The lowest BCUT2D eigenvalue weighted by molar-refractivity contribution is -0.139. The van der Waals surface area contributed by atoms with Gasteiger partial charge in [-0.25, -0.2) is 8.42 Å². The van der Waals surface area contributed by atoms with Gasteiger partial charge in [-0.15, -0.1) is 11.3 Å². The number of carbonyl (C=O) groups is 1. The normalized spacial score (nSPS) is 27.2. The average Bonchev–Trinajstić information content (AvgIpc) is 3.00. The van der Waals surface area contributed by atoms with Crippen molar-refractivity contribution in [3.8, 4) is 0 Å². The second-order valence-corrected chi connectivity index (χ2v) is 9.18. The summed E-state index contributed by atoms with van der Waals surface area (Å²) in [5.74, 6) is -0.0584. The molecule has 0 radical (unpaired) electrons. The third-order valence-corrected chi connectivity index (χ3v) is 7.58. The molecule has 1 aromatic rings. The van der Waals surface area contributed by atoms with Gasteiger partial charge in [-0.2, -0.15) is 4.31 Å². The monoisotopic (exact) mass is 328 g/mol. The summed E-state index contributed by atoms with van der Waals surface area (Å²) >= 11 is 1.48. The van der Waals surface area contributed by atoms with Crippen LogP contribution in [-0.4, -0.2) is 48.7 Å². The standard InChI is InChI=1S/C14H20N2O3S2/c1-9-7-13(11(3)20-9)21(18,19)16-8-12-5-4-6-15(12)14(17)10(16)2/h7,10,12H,4-6,8H2,1-3H3/t10-,12+/m0/s1. The molecule has 2 saturated heterocycles. The van der Waals surface area contributed by atoms with E-state index in [0.717, 1.165) is 29.1 Å². The van der Waals surface area contributed by atoms with Crippen LogP contribution in [0.2, 0.25) is 0 Å². The van der Waals surface area contributed by atoms with Crippen molar-refractivity contribution in [1.82, 2.24) is 9.21 Å². The Kier molecular flexibility index (Phi) is 3.62. The van der Waals surface area contributed by atoms with Crippen LogP contribution < -0.4 is 0 Å². The molecule has 2 fully saturated rings. The molecule has 3 rings (SSSR count). The van der Waals surface area contributed by atoms with Crippen molar-refractivity contribution < 1.29 is 13.2 Å². The van der Waals surface area contributed by atoms with Crippen LogP contribution in [0.3, 0.4) is 0 Å². The molecule has 116 valence electrons. The number of hydrogen-bond donors (Lipinski definition) is 0. The number of rotatable bonds is 2. The fraction of sp³-hybridized carbons (Fsp3) is 0.643. The van der Waals surface area contributed by atoms with Crippen LogP contribution >= 0.6 is 11.3 Å². The smallest absolute Gasteiger partial charge is 0.244 e. The van der Waals surface area contributed by atoms with Gasteiger partial charge in [-0.3, -0.25) is 4.79 Å². The summed E-state index contributed by atoms with van der Waals surface area (Å²) in [6.45, 7) is 6.61. The fourth-order valence-electron chi connectivity index (χ4n) is 3.34. The second-order valence-electron chi connectivity index (χ2n) is 5.86. The quantitative estimate of drug-likeness (QED) is 0.831. The predicted molar refractivity (Wildman–Crippen MR) is 81.9 cm³/mol. The van der Waals surface area contributed by atoms with Crippen LogP contribution in [0.15, 0.2) is 11.0 Å². The molecule has 5 nitrogen and oxygen atoms in total. The first-order valence-corrected chi connectivity index (χ1v) is 9.47. The summed E-state index contributed by atoms with van der Waals surface area (Å²) in [7, 11) is -3.60. The molecule has 2 aliphatic rings. The largest absolute Gasteiger partial charge is 0.337 e. The van der Waals surface area contributed by atoms with Crippen molar-refractivity contribution in [2.24, 2.45) is 0 Å². The second kappa shape index (κ2) is 5.07. The summed E-state index contributed by atoms with van der Waals surface area (Å²) in [4.78, 5) is 16.4. The number of sulfonamides is 1. The van der Waals surface area contributed by atoms with Gasteiger partial charge in [0, 0.05) is 28.9 Å². The number of amides is 1. The molecule has 1 aromatic heterocycles. The molecule has 3 heterocycles. The van der Waals surface area contributed by atoms with Crippen molar-refractivity contribution in [3.05, 3.63) is 15.8 Å². The molecule has 7 heteroatoms. The molecule has 0 unspecified atom stereocenters. The first kappa shape index (κ1) is 15.0. The Bertz CT molecular complexity index is 680. The molecule has 2 aliphatic heterocycles. The topological polar surface area (TPSA) is 57.7 Å². The highest BCUT2D eigenvalue weighted by molar-refractivity contribution is 7.89. The number of piperazine rings is 1. The number of nitrogens with zero attached hydrogens (tertiary/aromatic N) is 2. The van der Waals surface area contributed by atoms with Crippen molar-refractivity contribution in [3.63, 3.8) is 0 Å². The minimum Gasteiger partial charge on any atom is -0.337 e. The van der Waals surface area contributed by atoms with Gasteiger partial charge >= 0.3 is 0 Å². The van der Waals surface area contributed by atoms with Gasteiger partial charge in [-0.1, -0.05) is 0 Å². The number of fused-ring (bicyclic) bond motifs is 1. The average molecular weight is 328 g/mol. The zero-order valence-electron chi connectivity index (χ0n) is 12.5. The van der Waals surface area contributed by atoms with Crippen LogP contribution in [0.5, 0.6) is 0 Å². The Morgan fingerprint density at radius 3 is 2.67 bits per heavy atom. The fourth-order valence-corrected chi connectivity index (χ4v) is 6.49. The van der Waals surface area contributed by atoms with Crippen LogP contribution in [-0.2, 0) is 14.8 Å². The summed E-state index contributed by atoms with van der Waals surface area (Å²) < 4.78 is 27.3. The van der Waals surface area contributed by atoms with E-state index in [-0.39, 0.29) is 11.9 Å². The maximum Gasteiger partial charge on any atom is 0.244 e. The van der Waals surface area contributed by atoms with Gasteiger partial charge in [0.1, 0.15) is 6.04 Å². The molecule has 2 atom stereocenters. The molecular weight excluding hydrogens is 308 g/mol. The maximum absolute atomic E-state index is 12.9. The summed E-state index contributed by atoms with van der Waals surface area (Å²) in [6, 6.07) is 1.15. The molecule has 0 N–H and O–H groups in total. The number of aryl methyl sites for hydroxylation is 2. The highest BCUT2D eigenvalue weighted by Crippen LogP contribution is 2.33. The summed E-state index contributed by atoms with van der Waals surface area (Å²) in [6.07, 6.45) is 1.86. The van der Waals surface area contributed by atoms with E-state index in [4.69, 9.17) is 0 Å². The zero-order chi connectivity index (χ0) is 15.4. The van der Waals surface area contributed by atoms with E-state index in [1.165, 1.54) is 15.6 Å². The Balaban J connectivity index is 1.99. The number of hydrogen-bond acceptors (Lipinski definition) is 4. The molecule has 21 heavy (non-hydrogen) atoms. The third-order valence-electron chi connectivity index (χ3n) is 4.42. The van der Waals surface area contributed by atoms with Crippen LogP contribution in [0.4, 0.5) is 0 Å². The lowest BCUT2D eigenvalue weighted by Crippen LogP contribution is -2.59. The van der Waals surface area contributed by atoms with E-state index in [0.29, 0.717) is 11.4 Å². The summed E-state index contributed by atoms with van der Waals surface area (Å²) in [5, 5.41) is 0. The Morgan fingerprint density at radius 1 is 1.33 bits per heavy atom. The molecule has 0 bridgehead atoms. The van der Waals surface area contributed by atoms with Crippen molar-refractivity contribution >= 4 is 27.3 Å². The van der Waals surface area contributed by atoms with Gasteiger partial charge in [0.2, 0.25) is 15.9 Å². The van der Waals surface area contributed by atoms with Crippen LogP contribution in [0.1, 0.15) is 29.5 Å². The molecule has 0 aliphatic carbocycles. The SMILES string of the molecule is Cc1cc(S(=O)(=O)N2C[C@H]3CCCN3C(=O)[C@@H]2C)c(C)s1. The van der Waals surface area contributed by atoms with Gasteiger partial charge in [0.25, 0.3) is 0 Å². The van der Waals surface area contributed by atoms with Gasteiger partial charge in [0.05, 0.1) is 4.90 Å². The van der Waals surface area contributed by atoms with Crippen molar-refractivity contribution in [2.75, 3.05) is 13.1 Å². The van der Waals surface area contributed by atoms with Crippen molar-refractivity contribution in [1.29, 1.82) is 0 Å². The Hall–Kier alpha value is -0.920. The van der Waals surface area contributed by atoms with Crippen LogP contribution in [0, 0.1) is 13.8 Å². The van der Waals surface area contributed by atoms with E-state index in [2.05, 4.69) is 0 Å². The van der Waals surface area contributed by atoms with E-state index in [1.54, 1.807) is 13.0 Å². The van der Waals surface area contributed by atoms with E-state index < -0.39 is 16.1 Å². The van der Waals surface area contributed by atoms with Crippen LogP contribution in [0.25, 0.3) is 0 Å². The van der Waals surface area contributed by atoms with E-state index in [9.17, 15) is 13.2 Å². The maximum atomic E-state index is 12.9. The highest BCUT2D eigenvalue weighted by atomic mass is 32.2. The Labute approximate surface area is 129 Å². The first-order chi connectivity index (χ1) is 9.82. The zero-order valence-corrected chi connectivity index (χ0v) is 14.1. The van der Waals surface area contributed by atoms with Gasteiger partial charge in [-0.05, 0) is 39.7 Å². The molecule has 0 spiro atoms. The molecule has 0 saturated carbocycles. The minimum atomic E-state index is -3.60. The molecule has 0 aromatic carbocycles. The lowest BCUT2D eigenvalue weighted by atomic mass is 10.1. The van der Waals surface area contributed by atoms with E-state index in [1.807, 2.05) is 18.7 Å². The molecular formula is C14H20N2O3S2. The predicted octanol–water partition coefficient (Wildman–Crippen LogP) is 1.75. The van der Waals surface area contributed by atoms with E-state index >= 15 is 0 Å². The van der Waals surface area contributed by atoms with Crippen molar-refractivity contribution in [2.45, 2.75) is 50.6 Å². The van der Waals surface area contributed by atoms with Gasteiger partial charge in [0.15, 0.2) is 0 Å².